The Hall–Kier alpha value is -1.60. The van der Waals surface area contributed by atoms with Gasteiger partial charge in [-0.15, -0.1) is 0 Å². The molecule has 1 unspecified atom stereocenters. The van der Waals surface area contributed by atoms with E-state index >= 15 is 0 Å². The average molecular weight is 273 g/mol. The molecule has 2 aromatic carbocycles. The molecule has 2 heteroatoms. The highest BCUT2D eigenvalue weighted by molar-refractivity contribution is 6.64. The van der Waals surface area contributed by atoms with Gasteiger partial charge in [0.25, 0.3) is 0 Å². The van der Waals surface area contributed by atoms with Gasteiger partial charge >= 0.3 is 0 Å². The van der Waals surface area contributed by atoms with E-state index in [1.54, 1.807) is 0 Å². The normalized spacial score (nSPS) is 12.2. The summed E-state index contributed by atoms with van der Waals surface area (Å²) >= 11 is 5.78. The first-order valence-electron chi connectivity index (χ1n) is 6.38. The lowest BCUT2D eigenvalue weighted by molar-refractivity contribution is -0.113. The van der Waals surface area contributed by atoms with E-state index in [0.717, 1.165) is 5.56 Å². The van der Waals surface area contributed by atoms with Crippen LogP contribution in [-0.2, 0) is 11.2 Å². The van der Waals surface area contributed by atoms with Crippen LogP contribution in [0.4, 0.5) is 0 Å². The molecule has 0 aromatic heterocycles. The van der Waals surface area contributed by atoms with Gasteiger partial charge in [0.15, 0.2) is 0 Å². The molecule has 2 rings (SSSR count). The summed E-state index contributed by atoms with van der Waals surface area (Å²) in [6.45, 7) is 4.09. The van der Waals surface area contributed by atoms with Gasteiger partial charge in [-0.1, -0.05) is 54.1 Å². The molecule has 0 N–H and O–H groups in total. The van der Waals surface area contributed by atoms with Crippen molar-refractivity contribution in [3.05, 3.63) is 70.8 Å². The molecule has 0 amide bonds. The van der Waals surface area contributed by atoms with Crippen molar-refractivity contribution in [1.82, 2.24) is 0 Å². The smallest absolute Gasteiger partial charge is 0.229 e. The van der Waals surface area contributed by atoms with Gasteiger partial charge in [-0.25, -0.2) is 0 Å². The van der Waals surface area contributed by atoms with Crippen molar-refractivity contribution in [2.24, 2.45) is 0 Å². The summed E-state index contributed by atoms with van der Waals surface area (Å²) in [4.78, 5) is 11.7. The van der Waals surface area contributed by atoms with E-state index < -0.39 is 0 Å². The number of halogens is 1. The first kappa shape index (κ1) is 13.8. The second-order valence-corrected chi connectivity index (χ2v) is 5.27. The summed E-state index contributed by atoms with van der Waals surface area (Å²) in [5, 5.41) is -0.299. The van der Waals surface area contributed by atoms with Crippen LogP contribution < -0.4 is 0 Å². The number of hydrogen-bond acceptors (Lipinski definition) is 1. The Morgan fingerprint density at radius 1 is 1.05 bits per heavy atom. The SMILES string of the molecule is Cc1ccc(C(Cc2ccccc2C)C(=O)Cl)cc1. The zero-order valence-electron chi connectivity index (χ0n) is 11.2. The fraction of sp³-hybridized carbons (Fsp3) is 0.235. The molecule has 0 spiro atoms. The van der Waals surface area contributed by atoms with Gasteiger partial charge in [-0.05, 0) is 48.6 Å². The van der Waals surface area contributed by atoms with Crippen molar-refractivity contribution in [1.29, 1.82) is 0 Å². The first-order valence-corrected chi connectivity index (χ1v) is 6.76. The fourth-order valence-corrected chi connectivity index (χ4v) is 2.39. The van der Waals surface area contributed by atoms with Crippen LogP contribution in [0, 0.1) is 13.8 Å². The van der Waals surface area contributed by atoms with E-state index in [9.17, 15) is 4.79 Å². The molecule has 0 fully saturated rings. The lowest BCUT2D eigenvalue weighted by atomic mass is 9.91. The van der Waals surface area contributed by atoms with E-state index in [-0.39, 0.29) is 11.2 Å². The number of benzene rings is 2. The molecule has 0 aliphatic heterocycles. The zero-order valence-corrected chi connectivity index (χ0v) is 11.9. The monoisotopic (exact) mass is 272 g/mol. The van der Waals surface area contributed by atoms with Crippen molar-refractivity contribution in [2.75, 3.05) is 0 Å². The lowest BCUT2D eigenvalue weighted by Crippen LogP contribution is -2.11. The van der Waals surface area contributed by atoms with Crippen LogP contribution >= 0.6 is 11.6 Å². The Balaban J connectivity index is 2.29. The molecule has 0 radical (unpaired) electrons. The maximum atomic E-state index is 11.7. The van der Waals surface area contributed by atoms with Crippen LogP contribution in [0.2, 0.25) is 0 Å². The van der Waals surface area contributed by atoms with Crippen LogP contribution in [0.25, 0.3) is 0 Å². The van der Waals surface area contributed by atoms with Gasteiger partial charge in [0.1, 0.15) is 0 Å². The van der Waals surface area contributed by atoms with Gasteiger partial charge in [0.2, 0.25) is 5.24 Å². The summed E-state index contributed by atoms with van der Waals surface area (Å²) in [5.74, 6) is -0.275. The van der Waals surface area contributed by atoms with Gasteiger partial charge in [0.05, 0.1) is 5.92 Å². The number of aryl methyl sites for hydroxylation is 2. The Morgan fingerprint density at radius 2 is 1.68 bits per heavy atom. The molecule has 1 atom stereocenters. The number of carbonyl (C=O) groups excluding carboxylic acids is 1. The minimum atomic E-state index is -0.299. The summed E-state index contributed by atoms with van der Waals surface area (Å²) in [7, 11) is 0. The van der Waals surface area contributed by atoms with E-state index in [2.05, 4.69) is 19.1 Å². The molecular weight excluding hydrogens is 256 g/mol. The molecule has 0 bridgehead atoms. The van der Waals surface area contributed by atoms with Crippen LogP contribution in [0.1, 0.15) is 28.2 Å². The quantitative estimate of drug-likeness (QED) is 0.754. The molecule has 98 valence electrons. The van der Waals surface area contributed by atoms with Crippen molar-refractivity contribution in [3.63, 3.8) is 0 Å². The number of rotatable bonds is 4. The van der Waals surface area contributed by atoms with Crippen molar-refractivity contribution in [2.45, 2.75) is 26.2 Å². The number of carbonyl (C=O) groups is 1. The van der Waals surface area contributed by atoms with Crippen molar-refractivity contribution < 1.29 is 4.79 Å². The van der Waals surface area contributed by atoms with E-state index in [1.807, 2.05) is 43.3 Å². The highest BCUT2D eigenvalue weighted by Crippen LogP contribution is 2.25. The van der Waals surface area contributed by atoms with Crippen LogP contribution in [0.15, 0.2) is 48.5 Å². The summed E-state index contributed by atoms with van der Waals surface area (Å²) in [5.41, 5.74) is 4.52. The topological polar surface area (TPSA) is 17.1 Å². The fourth-order valence-electron chi connectivity index (χ4n) is 2.19. The van der Waals surface area contributed by atoms with Gasteiger partial charge in [-0.2, -0.15) is 0 Å². The van der Waals surface area contributed by atoms with Crippen molar-refractivity contribution in [3.8, 4) is 0 Å². The third kappa shape index (κ3) is 3.45. The maximum absolute atomic E-state index is 11.7. The first-order chi connectivity index (χ1) is 9.08. The van der Waals surface area contributed by atoms with Crippen LogP contribution in [0.3, 0.4) is 0 Å². The van der Waals surface area contributed by atoms with E-state index in [1.165, 1.54) is 16.7 Å². The van der Waals surface area contributed by atoms with Crippen LogP contribution in [-0.4, -0.2) is 5.24 Å². The standard InChI is InChI=1S/C17H17ClO/c1-12-7-9-14(10-8-12)16(17(18)19)11-15-6-4-3-5-13(15)2/h3-10,16H,11H2,1-2H3. The third-order valence-electron chi connectivity index (χ3n) is 3.44. The maximum Gasteiger partial charge on any atom is 0.229 e. The van der Waals surface area contributed by atoms with E-state index in [4.69, 9.17) is 11.6 Å². The molecule has 0 saturated carbocycles. The van der Waals surface area contributed by atoms with Gasteiger partial charge in [-0.3, -0.25) is 4.79 Å². The number of hydrogen-bond donors (Lipinski definition) is 0. The summed E-state index contributed by atoms with van der Waals surface area (Å²) in [6, 6.07) is 16.1. The predicted octanol–water partition coefficient (Wildman–Crippen LogP) is 4.40. The predicted molar refractivity (Wildman–Crippen MR) is 79.7 cm³/mol. The Labute approximate surface area is 119 Å². The zero-order chi connectivity index (χ0) is 13.8. The Morgan fingerprint density at radius 3 is 2.26 bits per heavy atom. The second kappa shape index (κ2) is 6.03. The molecular formula is C17H17ClO. The third-order valence-corrected chi connectivity index (χ3v) is 3.70. The average Bonchev–Trinajstić information content (AvgIpc) is 2.39. The highest BCUT2D eigenvalue weighted by atomic mass is 35.5. The Kier molecular flexibility index (Phi) is 4.39. The van der Waals surface area contributed by atoms with Crippen molar-refractivity contribution >= 4 is 16.8 Å². The lowest BCUT2D eigenvalue weighted by Gasteiger charge is -2.15. The highest BCUT2D eigenvalue weighted by Gasteiger charge is 2.19. The van der Waals surface area contributed by atoms with Gasteiger partial charge in [0, 0.05) is 0 Å². The summed E-state index contributed by atoms with van der Waals surface area (Å²) in [6.07, 6.45) is 0.651. The summed E-state index contributed by atoms with van der Waals surface area (Å²) < 4.78 is 0. The second-order valence-electron chi connectivity index (χ2n) is 4.90. The molecule has 1 nitrogen and oxygen atoms in total. The molecule has 2 aromatic rings. The minimum Gasteiger partial charge on any atom is -0.281 e. The molecule has 0 saturated heterocycles. The molecule has 0 aliphatic carbocycles. The van der Waals surface area contributed by atoms with Crippen LogP contribution in [0.5, 0.6) is 0 Å². The minimum absolute atomic E-state index is 0.275. The molecule has 0 aliphatic rings. The van der Waals surface area contributed by atoms with Gasteiger partial charge < -0.3 is 0 Å². The molecule has 19 heavy (non-hydrogen) atoms. The largest absolute Gasteiger partial charge is 0.281 e. The van der Waals surface area contributed by atoms with E-state index in [0.29, 0.717) is 6.42 Å². The molecule has 0 heterocycles. The Bertz CT molecular complexity index is 572.